The van der Waals surface area contributed by atoms with Gasteiger partial charge in [0, 0.05) is 56.0 Å². The number of anilines is 2. The summed E-state index contributed by atoms with van der Waals surface area (Å²) >= 11 is 1.69. The molecular weight excluding hydrogens is 344 g/mol. The van der Waals surface area contributed by atoms with Crippen LogP contribution in [0.3, 0.4) is 0 Å². The number of aliphatic imine (C=N–C) groups is 1. The van der Waals surface area contributed by atoms with Crippen LogP contribution in [0.15, 0.2) is 40.8 Å². The van der Waals surface area contributed by atoms with E-state index in [1.807, 2.05) is 11.6 Å². The van der Waals surface area contributed by atoms with Crippen molar-refractivity contribution in [3.05, 3.63) is 41.4 Å². The monoisotopic (exact) mass is 370 g/mol. The van der Waals surface area contributed by atoms with Crippen molar-refractivity contribution < 1.29 is 0 Å². The number of guanidine groups is 1. The van der Waals surface area contributed by atoms with Crippen LogP contribution < -0.4 is 15.5 Å². The van der Waals surface area contributed by atoms with Crippen molar-refractivity contribution in [3.63, 3.8) is 0 Å². The Labute approximate surface area is 159 Å². The summed E-state index contributed by atoms with van der Waals surface area (Å²) in [6, 6.07) is 9.03. The standard InChI is InChI=1S/C19H26N6S/c1-15(25-8-6-16-4-2-3-5-17(16)25)14-22-18(20)23-9-11-24(12-10-23)19-21-7-13-26-19/h2-5,7,13,15H,6,8-12,14H2,1H3,(H2,20,22). The molecule has 1 fully saturated rings. The number of aromatic nitrogens is 1. The molecule has 26 heavy (non-hydrogen) atoms. The van der Waals surface area contributed by atoms with Gasteiger partial charge >= 0.3 is 0 Å². The summed E-state index contributed by atoms with van der Waals surface area (Å²) in [4.78, 5) is 16.0. The first-order valence-corrected chi connectivity index (χ1v) is 10.1. The predicted octanol–water partition coefficient (Wildman–Crippen LogP) is 2.03. The molecule has 3 heterocycles. The second-order valence-corrected chi connectivity index (χ2v) is 7.78. The summed E-state index contributed by atoms with van der Waals surface area (Å²) in [7, 11) is 0. The molecule has 1 saturated heterocycles. The number of fused-ring (bicyclic) bond motifs is 1. The van der Waals surface area contributed by atoms with Gasteiger partial charge in [-0.15, -0.1) is 11.3 Å². The summed E-state index contributed by atoms with van der Waals surface area (Å²) in [6.45, 7) is 7.72. The summed E-state index contributed by atoms with van der Waals surface area (Å²) in [6.07, 6.45) is 2.98. The molecule has 0 spiro atoms. The molecule has 2 N–H and O–H groups in total. The maximum Gasteiger partial charge on any atom is 0.191 e. The van der Waals surface area contributed by atoms with E-state index >= 15 is 0 Å². The minimum absolute atomic E-state index is 0.355. The van der Waals surface area contributed by atoms with Gasteiger partial charge in [-0.2, -0.15) is 0 Å². The number of thiazole rings is 1. The zero-order valence-corrected chi connectivity index (χ0v) is 16.0. The molecule has 0 aliphatic carbocycles. The summed E-state index contributed by atoms with van der Waals surface area (Å²) < 4.78 is 0. The van der Waals surface area contributed by atoms with Crippen molar-refractivity contribution in [3.8, 4) is 0 Å². The van der Waals surface area contributed by atoms with Crippen molar-refractivity contribution in [1.29, 1.82) is 0 Å². The van der Waals surface area contributed by atoms with Gasteiger partial charge in [-0.3, -0.25) is 4.99 Å². The van der Waals surface area contributed by atoms with Crippen LogP contribution in [0.1, 0.15) is 12.5 Å². The van der Waals surface area contributed by atoms with E-state index < -0.39 is 0 Å². The van der Waals surface area contributed by atoms with E-state index in [1.165, 1.54) is 11.3 Å². The molecule has 6 nitrogen and oxygen atoms in total. The number of rotatable bonds is 4. The molecule has 0 radical (unpaired) electrons. The Bertz CT molecular complexity index is 751. The molecule has 1 aromatic carbocycles. The van der Waals surface area contributed by atoms with Gasteiger partial charge in [0.2, 0.25) is 0 Å². The number of nitrogens with two attached hydrogens (primary N) is 1. The molecule has 7 heteroatoms. The normalized spacial score (nSPS) is 19.0. The minimum Gasteiger partial charge on any atom is -0.370 e. The average molecular weight is 371 g/mol. The largest absolute Gasteiger partial charge is 0.370 e. The third-order valence-electron chi connectivity index (χ3n) is 5.27. The van der Waals surface area contributed by atoms with Crippen LogP contribution in [0.2, 0.25) is 0 Å². The van der Waals surface area contributed by atoms with Gasteiger partial charge in [0.25, 0.3) is 0 Å². The van der Waals surface area contributed by atoms with Crippen molar-refractivity contribution in [2.45, 2.75) is 19.4 Å². The third kappa shape index (κ3) is 3.49. The van der Waals surface area contributed by atoms with Crippen LogP contribution in [-0.2, 0) is 6.42 Å². The molecule has 1 atom stereocenters. The van der Waals surface area contributed by atoms with Gasteiger partial charge in [0.15, 0.2) is 11.1 Å². The second-order valence-electron chi connectivity index (χ2n) is 6.91. The topological polar surface area (TPSA) is 61.0 Å². The van der Waals surface area contributed by atoms with Gasteiger partial charge < -0.3 is 20.4 Å². The molecule has 4 rings (SSSR count). The highest BCUT2D eigenvalue weighted by atomic mass is 32.1. The molecule has 1 unspecified atom stereocenters. The zero-order valence-electron chi connectivity index (χ0n) is 15.2. The first-order valence-electron chi connectivity index (χ1n) is 9.26. The maximum absolute atomic E-state index is 6.28. The Morgan fingerprint density at radius 3 is 2.81 bits per heavy atom. The fourth-order valence-electron chi connectivity index (χ4n) is 3.74. The molecule has 138 valence electrons. The van der Waals surface area contributed by atoms with Gasteiger partial charge in [0.05, 0.1) is 6.54 Å². The van der Waals surface area contributed by atoms with Crippen LogP contribution in [-0.4, -0.2) is 61.2 Å². The summed E-state index contributed by atoms with van der Waals surface area (Å²) in [5.41, 5.74) is 9.07. The average Bonchev–Trinajstić information content (AvgIpc) is 3.36. The number of hydrogen-bond donors (Lipinski definition) is 1. The molecule has 0 saturated carbocycles. The molecule has 2 aliphatic rings. The van der Waals surface area contributed by atoms with Crippen LogP contribution >= 0.6 is 11.3 Å². The van der Waals surface area contributed by atoms with E-state index in [4.69, 9.17) is 10.7 Å². The predicted molar refractivity (Wildman–Crippen MR) is 109 cm³/mol. The van der Waals surface area contributed by atoms with Crippen LogP contribution in [0.25, 0.3) is 0 Å². The summed E-state index contributed by atoms with van der Waals surface area (Å²) in [5, 5.41) is 3.12. The lowest BCUT2D eigenvalue weighted by Gasteiger charge is -2.35. The maximum atomic E-state index is 6.28. The van der Waals surface area contributed by atoms with Crippen molar-refractivity contribution >= 4 is 28.1 Å². The fourth-order valence-corrected chi connectivity index (χ4v) is 4.44. The van der Waals surface area contributed by atoms with Crippen molar-refractivity contribution in [2.24, 2.45) is 10.7 Å². The number of para-hydroxylation sites is 1. The van der Waals surface area contributed by atoms with Crippen LogP contribution in [0.4, 0.5) is 10.8 Å². The smallest absolute Gasteiger partial charge is 0.191 e. The van der Waals surface area contributed by atoms with Crippen molar-refractivity contribution in [1.82, 2.24) is 9.88 Å². The first-order chi connectivity index (χ1) is 12.7. The van der Waals surface area contributed by atoms with Crippen molar-refractivity contribution in [2.75, 3.05) is 49.1 Å². The number of nitrogens with zero attached hydrogens (tertiary/aromatic N) is 5. The Hall–Kier alpha value is -2.28. The molecule has 0 amide bonds. The van der Waals surface area contributed by atoms with E-state index in [0.717, 1.165) is 50.8 Å². The minimum atomic E-state index is 0.355. The zero-order chi connectivity index (χ0) is 17.9. The molecule has 2 aliphatic heterocycles. The Morgan fingerprint density at radius 1 is 1.23 bits per heavy atom. The van der Waals surface area contributed by atoms with Gasteiger partial charge in [-0.05, 0) is 25.0 Å². The summed E-state index contributed by atoms with van der Waals surface area (Å²) in [5.74, 6) is 0.670. The van der Waals surface area contributed by atoms with E-state index in [2.05, 4.69) is 50.9 Å². The molecule has 0 bridgehead atoms. The first kappa shape index (κ1) is 17.1. The fraction of sp³-hybridized carbons (Fsp3) is 0.474. The number of hydrogen-bond acceptors (Lipinski definition) is 5. The number of piperazine rings is 1. The Morgan fingerprint density at radius 2 is 2.04 bits per heavy atom. The second kappa shape index (κ2) is 7.53. The SMILES string of the molecule is CC(CN=C(N)N1CCN(c2nccs2)CC1)N1CCc2ccccc21. The lowest BCUT2D eigenvalue weighted by Crippen LogP contribution is -2.51. The third-order valence-corrected chi connectivity index (χ3v) is 6.10. The van der Waals surface area contributed by atoms with E-state index in [9.17, 15) is 0 Å². The highest BCUT2D eigenvalue weighted by molar-refractivity contribution is 7.13. The van der Waals surface area contributed by atoms with Gasteiger partial charge in [-0.1, -0.05) is 18.2 Å². The van der Waals surface area contributed by atoms with Crippen LogP contribution in [0, 0.1) is 0 Å². The molecule has 2 aromatic rings. The van der Waals surface area contributed by atoms with E-state index in [1.54, 1.807) is 11.3 Å². The van der Waals surface area contributed by atoms with Gasteiger partial charge in [0.1, 0.15) is 0 Å². The Kier molecular flexibility index (Phi) is 4.97. The molecule has 1 aromatic heterocycles. The highest BCUT2D eigenvalue weighted by Gasteiger charge is 2.23. The molecular formula is C19H26N6S. The highest BCUT2D eigenvalue weighted by Crippen LogP contribution is 2.29. The van der Waals surface area contributed by atoms with E-state index in [0.29, 0.717) is 12.0 Å². The Balaban J connectivity index is 1.31. The van der Waals surface area contributed by atoms with E-state index in [-0.39, 0.29) is 0 Å². The lowest BCUT2D eigenvalue weighted by molar-refractivity contribution is 0.380. The van der Waals surface area contributed by atoms with Gasteiger partial charge in [-0.25, -0.2) is 4.98 Å². The van der Waals surface area contributed by atoms with Crippen LogP contribution in [0.5, 0.6) is 0 Å². The lowest BCUT2D eigenvalue weighted by atomic mass is 10.2. The number of benzene rings is 1. The quantitative estimate of drug-likeness (QED) is 0.659.